The van der Waals surface area contributed by atoms with Crippen LogP contribution in [0.15, 0.2) is 24.3 Å². The lowest BCUT2D eigenvalue weighted by atomic mass is 9.98. The van der Waals surface area contributed by atoms with Crippen molar-refractivity contribution in [3.8, 4) is 5.75 Å². The van der Waals surface area contributed by atoms with Crippen LogP contribution in [0.3, 0.4) is 0 Å². The third-order valence-electron chi connectivity index (χ3n) is 6.28. The van der Waals surface area contributed by atoms with Gasteiger partial charge in [-0.1, -0.05) is 12.1 Å². The summed E-state index contributed by atoms with van der Waals surface area (Å²) in [7, 11) is 0. The number of hydrogen-bond donors (Lipinski definition) is 1. The number of benzene rings is 1. The van der Waals surface area contributed by atoms with E-state index in [9.17, 15) is 50.3 Å². The van der Waals surface area contributed by atoms with Gasteiger partial charge in [-0.2, -0.15) is 26.3 Å². The minimum Gasteiger partial charge on any atom is -0.463 e. The number of cyclic esters (lactones) is 1. The molecule has 13 nitrogen and oxygen atoms in total. The van der Waals surface area contributed by atoms with Gasteiger partial charge in [0.2, 0.25) is 12.4 Å². The van der Waals surface area contributed by atoms with Gasteiger partial charge in [0.15, 0.2) is 12.2 Å². The molecule has 2 saturated heterocycles. The summed E-state index contributed by atoms with van der Waals surface area (Å²) in [5.41, 5.74) is -4.79. The van der Waals surface area contributed by atoms with E-state index in [-0.39, 0.29) is 11.3 Å². The highest BCUT2D eigenvalue weighted by atomic mass is 19.4. The molecule has 6 atom stereocenters. The summed E-state index contributed by atoms with van der Waals surface area (Å²) in [6.45, 7) is 3.61. The van der Waals surface area contributed by atoms with Crippen LogP contribution in [0, 0.1) is 0 Å². The van der Waals surface area contributed by atoms with Crippen molar-refractivity contribution in [2.75, 3.05) is 6.61 Å². The van der Waals surface area contributed by atoms with Crippen LogP contribution in [-0.2, 0) is 58.8 Å². The lowest BCUT2D eigenvalue weighted by Crippen LogP contribution is -2.65. The largest absolute Gasteiger partial charge is 0.463 e. The van der Waals surface area contributed by atoms with Gasteiger partial charge in [0, 0.05) is 27.7 Å². The Balaban J connectivity index is 1.86. The minimum atomic E-state index is -6.00. The normalized spacial score (nSPS) is 26.3. The summed E-state index contributed by atoms with van der Waals surface area (Å²) in [5, 5.41) is 1.21. The zero-order valence-corrected chi connectivity index (χ0v) is 23.9. The molecule has 0 spiro atoms. The smallest absolute Gasteiger partial charge is 0.452 e. The third-order valence-corrected chi connectivity index (χ3v) is 6.28. The highest BCUT2D eigenvalue weighted by molar-refractivity contribution is 5.79. The summed E-state index contributed by atoms with van der Waals surface area (Å²) in [4.78, 5) is 59.1. The first-order chi connectivity index (χ1) is 20.7. The second-order valence-electron chi connectivity index (χ2n) is 9.83. The van der Waals surface area contributed by atoms with Crippen molar-refractivity contribution in [1.29, 1.82) is 0 Å². The fourth-order valence-electron chi connectivity index (χ4n) is 4.49. The van der Waals surface area contributed by atoms with E-state index in [1.165, 1.54) is 29.6 Å². The first-order valence-corrected chi connectivity index (χ1v) is 12.9. The average molecular weight is 659 g/mol. The monoisotopic (exact) mass is 659 g/mol. The SMILES string of the molecule is CC(=O)OC[C@H]1O[C@@H](Oc2ccc(C[C@@H]3NC(C(F)(F)F)(C(F)(F)F)OC3=O)cc2)[C@H](OC(C)=O)[C@@H](OC(C)=O)[C@@H]1OC(C)=O. The minimum absolute atomic E-state index is 0.0680. The molecule has 45 heavy (non-hydrogen) atoms. The van der Waals surface area contributed by atoms with Crippen LogP contribution >= 0.6 is 0 Å². The van der Waals surface area contributed by atoms with Gasteiger partial charge in [0.25, 0.3) is 0 Å². The highest BCUT2D eigenvalue weighted by Gasteiger charge is 2.78. The van der Waals surface area contributed by atoms with Crippen molar-refractivity contribution in [1.82, 2.24) is 5.32 Å². The summed E-state index contributed by atoms with van der Waals surface area (Å²) < 4.78 is 116. The van der Waals surface area contributed by atoms with Crippen molar-refractivity contribution < 1.29 is 83.5 Å². The molecule has 2 aliphatic heterocycles. The van der Waals surface area contributed by atoms with E-state index in [2.05, 4.69) is 4.74 Å². The molecule has 0 unspecified atom stereocenters. The molecule has 1 aromatic rings. The van der Waals surface area contributed by atoms with Gasteiger partial charge in [-0.05, 0) is 24.1 Å². The van der Waals surface area contributed by atoms with Crippen LogP contribution in [0.2, 0.25) is 0 Å². The number of nitrogens with one attached hydrogen (secondary N) is 1. The number of esters is 5. The first-order valence-electron chi connectivity index (χ1n) is 12.9. The Morgan fingerprint density at radius 2 is 1.31 bits per heavy atom. The zero-order valence-electron chi connectivity index (χ0n) is 23.9. The second-order valence-corrected chi connectivity index (χ2v) is 9.83. The van der Waals surface area contributed by atoms with Crippen LogP contribution in [0.25, 0.3) is 0 Å². The van der Waals surface area contributed by atoms with Crippen LogP contribution in [0.1, 0.15) is 33.3 Å². The van der Waals surface area contributed by atoms with Gasteiger partial charge in [-0.25, -0.2) is 0 Å². The van der Waals surface area contributed by atoms with Gasteiger partial charge in [-0.15, -0.1) is 0 Å². The number of rotatable bonds is 9. The molecule has 250 valence electrons. The Labute approximate surface area is 250 Å². The van der Waals surface area contributed by atoms with Gasteiger partial charge < -0.3 is 33.2 Å². The molecule has 0 aromatic heterocycles. The zero-order chi connectivity index (χ0) is 33.9. The quantitative estimate of drug-likeness (QED) is 0.233. The number of ether oxygens (including phenoxy) is 7. The third kappa shape index (κ3) is 8.33. The van der Waals surface area contributed by atoms with E-state index in [0.717, 1.165) is 27.7 Å². The van der Waals surface area contributed by atoms with E-state index in [1.807, 2.05) is 0 Å². The Hall–Kier alpha value is -4.13. The molecule has 0 bridgehead atoms. The molecule has 19 heteroatoms. The van der Waals surface area contributed by atoms with Crippen LogP contribution in [0.5, 0.6) is 5.75 Å². The molecule has 0 saturated carbocycles. The predicted octanol–water partition coefficient (Wildman–Crippen LogP) is 2.03. The van der Waals surface area contributed by atoms with Crippen molar-refractivity contribution in [2.24, 2.45) is 0 Å². The maximum absolute atomic E-state index is 13.3. The lowest BCUT2D eigenvalue weighted by Gasteiger charge is -2.43. The topological polar surface area (TPSA) is 162 Å². The van der Waals surface area contributed by atoms with Crippen LogP contribution in [-0.4, -0.2) is 91.3 Å². The van der Waals surface area contributed by atoms with Crippen molar-refractivity contribution in [3.63, 3.8) is 0 Å². The molecule has 2 aliphatic rings. The Morgan fingerprint density at radius 1 is 0.800 bits per heavy atom. The first kappa shape index (κ1) is 35.4. The summed E-state index contributed by atoms with van der Waals surface area (Å²) >= 11 is 0. The number of hydrogen-bond acceptors (Lipinski definition) is 13. The maximum Gasteiger partial charge on any atom is 0.452 e. The molecule has 1 N–H and O–H groups in total. The fourth-order valence-corrected chi connectivity index (χ4v) is 4.49. The summed E-state index contributed by atoms with van der Waals surface area (Å²) in [6.07, 6.45) is -20.1. The molecule has 1 aromatic carbocycles. The number of halogens is 6. The van der Waals surface area contributed by atoms with E-state index in [4.69, 9.17) is 28.4 Å². The molecule has 0 amide bonds. The summed E-state index contributed by atoms with van der Waals surface area (Å²) in [5.74, 6) is -5.22. The van der Waals surface area contributed by atoms with Gasteiger partial charge >= 0.3 is 47.9 Å². The van der Waals surface area contributed by atoms with E-state index < -0.39 is 97.7 Å². The summed E-state index contributed by atoms with van der Waals surface area (Å²) in [6, 6.07) is 2.79. The van der Waals surface area contributed by atoms with Crippen molar-refractivity contribution in [3.05, 3.63) is 29.8 Å². The Morgan fingerprint density at radius 3 is 1.78 bits per heavy atom. The Kier molecular flexibility index (Phi) is 10.6. The molecule has 3 rings (SSSR count). The standard InChI is InChI=1S/C26H27F6NO12/c1-11(34)39-10-18-19(40-12(2)35)20(41-13(3)36)21(42-14(4)37)23(44-18)43-16-7-5-15(6-8-16)9-17-22(38)45-24(33-17,25(27,28)29)26(30,31)32/h5-8,17-21,23,33H,9-10H2,1-4H3/t17-,18+,19+,20-,21+,23+/m0/s1. The molecule has 0 aliphatic carbocycles. The second kappa shape index (κ2) is 13.5. The fraction of sp³-hybridized carbons (Fsp3) is 0.577. The van der Waals surface area contributed by atoms with Gasteiger partial charge in [0.05, 0.1) is 0 Å². The van der Waals surface area contributed by atoms with Crippen LogP contribution in [0.4, 0.5) is 26.3 Å². The van der Waals surface area contributed by atoms with E-state index in [0.29, 0.717) is 0 Å². The highest BCUT2D eigenvalue weighted by Crippen LogP contribution is 2.47. The number of carbonyl (C=O) groups excluding carboxylic acids is 5. The predicted molar refractivity (Wildman–Crippen MR) is 131 cm³/mol. The lowest BCUT2D eigenvalue weighted by molar-refractivity contribution is -0.369. The number of alkyl halides is 6. The Bertz CT molecular complexity index is 1270. The maximum atomic E-state index is 13.3. The van der Waals surface area contributed by atoms with Crippen molar-refractivity contribution in [2.45, 2.75) is 88.9 Å². The molecule has 2 fully saturated rings. The van der Waals surface area contributed by atoms with Gasteiger partial charge in [0.1, 0.15) is 24.5 Å². The van der Waals surface area contributed by atoms with Gasteiger partial charge in [-0.3, -0.25) is 29.3 Å². The molecule has 0 radical (unpaired) electrons. The molecule has 2 heterocycles. The van der Waals surface area contributed by atoms with E-state index >= 15 is 0 Å². The van der Waals surface area contributed by atoms with E-state index in [1.54, 1.807) is 0 Å². The van der Waals surface area contributed by atoms with Crippen molar-refractivity contribution >= 4 is 29.8 Å². The average Bonchev–Trinajstić information content (AvgIpc) is 3.24. The number of carbonyl (C=O) groups is 5. The molecular weight excluding hydrogens is 632 g/mol. The molecular formula is C26H27F6NO12. The van der Waals surface area contributed by atoms with Crippen LogP contribution < -0.4 is 10.1 Å².